The molecule has 2 heteroatoms. The van der Waals surface area contributed by atoms with Gasteiger partial charge in [-0.1, -0.05) is 38.5 Å². The van der Waals surface area contributed by atoms with Gasteiger partial charge in [0.2, 0.25) is 0 Å². The maximum absolute atomic E-state index is 4.13. The summed E-state index contributed by atoms with van der Waals surface area (Å²) in [6.45, 7) is 0. The fourth-order valence-corrected chi connectivity index (χ4v) is 3.41. The highest BCUT2D eigenvalue weighted by Gasteiger charge is 2.44. The zero-order valence-electron chi connectivity index (χ0n) is 7.45. The minimum atomic E-state index is 0.445. The first-order valence-electron chi connectivity index (χ1n) is 5.35. The molecule has 2 bridgehead atoms. The number of hydrogen-bond donors (Lipinski definition) is 0. The molecule has 12 heavy (non-hydrogen) atoms. The highest BCUT2D eigenvalue weighted by Crippen LogP contribution is 2.49. The first kappa shape index (κ1) is 7.05. The van der Waals surface area contributed by atoms with Gasteiger partial charge in [0.1, 0.15) is 0 Å². The van der Waals surface area contributed by atoms with Crippen LogP contribution in [0.1, 0.15) is 38.5 Å². The zero-order valence-corrected chi connectivity index (χ0v) is 7.45. The number of nitrogens with zero attached hydrogens (tertiary/aromatic N) is 2. The Kier molecular flexibility index (Phi) is 1.49. The second kappa shape index (κ2) is 2.54. The van der Waals surface area contributed by atoms with Crippen LogP contribution in [0.3, 0.4) is 0 Å². The second-order valence-corrected chi connectivity index (χ2v) is 4.60. The lowest BCUT2D eigenvalue weighted by atomic mass is 9.64. The Morgan fingerprint density at radius 3 is 1.67 bits per heavy atom. The maximum Gasteiger partial charge on any atom is 0.184 e. The third kappa shape index (κ3) is 1.00. The van der Waals surface area contributed by atoms with E-state index in [1.807, 2.05) is 0 Å². The summed E-state index contributed by atoms with van der Waals surface area (Å²) >= 11 is 0. The van der Waals surface area contributed by atoms with E-state index in [-0.39, 0.29) is 0 Å². The monoisotopic (exact) mass is 164 g/mol. The van der Waals surface area contributed by atoms with Crippen molar-refractivity contribution in [1.29, 1.82) is 0 Å². The Bertz CT molecular complexity index is 184. The van der Waals surface area contributed by atoms with Gasteiger partial charge in [-0.25, -0.2) is 0 Å². The summed E-state index contributed by atoms with van der Waals surface area (Å²) in [7, 11) is 0. The third-order valence-corrected chi connectivity index (χ3v) is 3.98. The molecular weight excluding hydrogens is 148 g/mol. The summed E-state index contributed by atoms with van der Waals surface area (Å²) in [4.78, 5) is 0. The van der Waals surface area contributed by atoms with Crippen molar-refractivity contribution in [3.63, 3.8) is 0 Å². The standard InChI is InChI=1S/C10H16N2/c1-3-7-5-2-6-8(4-1)9(7)10-11-12-10/h7-10H,1-6H2. The second-order valence-electron chi connectivity index (χ2n) is 4.60. The molecule has 0 aromatic carbocycles. The molecule has 0 aromatic heterocycles. The minimum absolute atomic E-state index is 0.445. The molecule has 0 saturated heterocycles. The minimum Gasteiger partial charge on any atom is -0.162 e. The predicted molar refractivity (Wildman–Crippen MR) is 46.8 cm³/mol. The number of fused-ring (bicyclic) bond motifs is 2. The highest BCUT2D eigenvalue weighted by atomic mass is 15.4. The van der Waals surface area contributed by atoms with Crippen molar-refractivity contribution in [3.8, 4) is 0 Å². The summed E-state index contributed by atoms with van der Waals surface area (Å²) in [6, 6.07) is 0. The van der Waals surface area contributed by atoms with Crippen molar-refractivity contribution in [2.45, 2.75) is 44.7 Å². The molecular formula is C10H16N2. The van der Waals surface area contributed by atoms with Gasteiger partial charge in [-0.3, -0.25) is 0 Å². The summed E-state index contributed by atoms with van der Waals surface area (Å²) in [5.41, 5.74) is 0. The first-order chi connectivity index (χ1) is 5.95. The summed E-state index contributed by atoms with van der Waals surface area (Å²) in [5, 5.41) is 8.27. The normalized spacial score (nSPS) is 46.2. The van der Waals surface area contributed by atoms with Crippen LogP contribution in [-0.4, -0.2) is 6.17 Å². The van der Waals surface area contributed by atoms with Crippen molar-refractivity contribution < 1.29 is 0 Å². The van der Waals surface area contributed by atoms with E-state index in [1.54, 1.807) is 0 Å². The number of hydrogen-bond acceptors (Lipinski definition) is 2. The topological polar surface area (TPSA) is 24.7 Å². The van der Waals surface area contributed by atoms with Crippen LogP contribution in [0.15, 0.2) is 10.2 Å². The van der Waals surface area contributed by atoms with Gasteiger partial charge in [-0.05, 0) is 11.8 Å². The molecule has 0 atom stereocenters. The van der Waals surface area contributed by atoms with Gasteiger partial charge in [0.05, 0.1) is 0 Å². The molecule has 2 nitrogen and oxygen atoms in total. The van der Waals surface area contributed by atoms with Gasteiger partial charge in [-0.15, -0.1) is 0 Å². The van der Waals surface area contributed by atoms with E-state index in [1.165, 1.54) is 38.5 Å². The zero-order chi connectivity index (χ0) is 7.97. The molecule has 0 aromatic rings. The smallest absolute Gasteiger partial charge is 0.162 e. The van der Waals surface area contributed by atoms with Gasteiger partial charge < -0.3 is 0 Å². The van der Waals surface area contributed by atoms with Gasteiger partial charge in [0.15, 0.2) is 6.17 Å². The van der Waals surface area contributed by atoms with Gasteiger partial charge >= 0.3 is 0 Å². The molecule has 0 radical (unpaired) electrons. The van der Waals surface area contributed by atoms with Gasteiger partial charge in [0, 0.05) is 5.92 Å². The molecule has 0 amide bonds. The molecule has 1 aliphatic heterocycles. The maximum atomic E-state index is 4.13. The Hall–Kier alpha value is -0.400. The summed E-state index contributed by atoms with van der Waals surface area (Å²) < 4.78 is 0. The lowest BCUT2D eigenvalue weighted by molar-refractivity contribution is 0.0889. The molecule has 1 heterocycles. The Balaban J connectivity index is 1.78. The van der Waals surface area contributed by atoms with E-state index in [9.17, 15) is 0 Å². The van der Waals surface area contributed by atoms with Crippen LogP contribution >= 0.6 is 0 Å². The van der Waals surface area contributed by atoms with Crippen molar-refractivity contribution in [3.05, 3.63) is 0 Å². The van der Waals surface area contributed by atoms with E-state index in [0.29, 0.717) is 6.17 Å². The average molecular weight is 164 g/mol. The van der Waals surface area contributed by atoms with Gasteiger partial charge in [0.25, 0.3) is 0 Å². The fraction of sp³-hybridized carbons (Fsp3) is 1.00. The van der Waals surface area contributed by atoms with Crippen LogP contribution in [-0.2, 0) is 0 Å². The van der Waals surface area contributed by atoms with E-state index >= 15 is 0 Å². The van der Waals surface area contributed by atoms with Crippen molar-refractivity contribution >= 4 is 0 Å². The Labute approximate surface area is 73.5 Å². The van der Waals surface area contributed by atoms with E-state index in [2.05, 4.69) is 10.2 Å². The predicted octanol–water partition coefficient (Wildman–Crippen LogP) is 2.99. The molecule has 2 saturated carbocycles. The molecule has 3 aliphatic rings. The van der Waals surface area contributed by atoms with Crippen molar-refractivity contribution in [2.24, 2.45) is 28.0 Å². The van der Waals surface area contributed by atoms with Gasteiger partial charge in [-0.2, -0.15) is 10.2 Å². The molecule has 2 fully saturated rings. The fourth-order valence-electron chi connectivity index (χ4n) is 3.41. The lowest BCUT2D eigenvalue weighted by Gasteiger charge is -2.41. The van der Waals surface area contributed by atoms with E-state index in [4.69, 9.17) is 0 Å². The van der Waals surface area contributed by atoms with Crippen molar-refractivity contribution in [2.75, 3.05) is 0 Å². The quantitative estimate of drug-likeness (QED) is 0.569. The molecule has 2 aliphatic carbocycles. The number of rotatable bonds is 1. The highest BCUT2D eigenvalue weighted by molar-refractivity contribution is 4.94. The Morgan fingerprint density at radius 1 is 0.750 bits per heavy atom. The third-order valence-electron chi connectivity index (χ3n) is 3.98. The van der Waals surface area contributed by atoms with Crippen LogP contribution in [0.2, 0.25) is 0 Å². The van der Waals surface area contributed by atoms with Crippen LogP contribution in [0.25, 0.3) is 0 Å². The van der Waals surface area contributed by atoms with Crippen LogP contribution in [0.4, 0.5) is 0 Å². The lowest BCUT2D eigenvalue weighted by Crippen LogP contribution is -2.35. The largest absolute Gasteiger partial charge is 0.184 e. The Morgan fingerprint density at radius 2 is 1.25 bits per heavy atom. The SMILES string of the molecule is C1CC2CCCC(C1)C2C1N=N1. The van der Waals surface area contributed by atoms with Crippen LogP contribution < -0.4 is 0 Å². The summed E-state index contributed by atoms with van der Waals surface area (Å²) in [5.74, 6) is 2.84. The molecule has 0 N–H and O–H groups in total. The summed E-state index contributed by atoms with van der Waals surface area (Å²) in [6.07, 6.45) is 9.23. The molecule has 0 unspecified atom stereocenters. The van der Waals surface area contributed by atoms with E-state index < -0.39 is 0 Å². The molecule has 3 rings (SSSR count). The molecule has 66 valence electrons. The average Bonchev–Trinajstić information content (AvgIpc) is 2.84. The van der Waals surface area contributed by atoms with Crippen molar-refractivity contribution in [1.82, 2.24) is 0 Å². The van der Waals surface area contributed by atoms with E-state index in [0.717, 1.165) is 17.8 Å². The molecule has 0 spiro atoms. The van der Waals surface area contributed by atoms with Crippen LogP contribution in [0.5, 0.6) is 0 Å². The van der Waals surface area contributed by atoms with Crippen LogP contribution in [0, 0.1) is 17.8 Å². The first-order valence-corrected chi connectivity index (χ1v) is 5.35.